The number of rotatable bonds is 14. The summed E-state index contributed by atoms with van der Waals surface area (Å²) in [4.78, 5) is 36.8. The smallest absolute Gasteiger partial charge is 0.325 e. The van der Waals surface area contributed by atoms with Gasteiger partial charge in [-0.2, -0.15) is 0 Å². The molecule has 9 nitrogen and oxygen atoms in total. The molecule has 0 aliphatic carbocycles. The van der Waals surface area contributed by atoms with E-state index in [1.54, 1.807) is 24.3 Å². The fourth-order valence-corrected chi connectivity index (χ4v) is 3.52. The molecule has 0 aliphatic heterocycles. The minimum absolute atomic E-state index is 0.0476. The topological polar surface area (TPSA) is 140 Å². The highest BCUT2D eigenvalue weighted by molar-refractivity contribution is 5.91. The Balaban J connectivity index is 1.59. The first kappa shape index (κ1) is 28.4. The molecule has 0 saturated carbocycles. The molecule has 38 heavy (non-hydrogen) atoms. The zero-order valence-corrected chi connectivity index (χ0v) is 21.2. The molecule has 3 atom stereocenters. The van der Waals surface area contributed by atoms with E-state index >= 15 is 0 Å². The van der Waals surface area contributed by atoms with Crippen molar-refractivity contribution in [2.24, 2.45) is 5.73 Å². The number of amides is 2. The van der Waals surface area contributed by atoms with Crippen molar-refractivity contribution >= 4 is 17.8 Å². The van der Waals surface area contributed by atoms with Gasteiger partial charge >= 0.3 is 5.97 Å². The highest BCUT2D eigenvalue weighted by Gasteiger charge is 2.26. The van der Waals surface area contributed by atoms with E-state index in [-0.39, 0.29) is 13.0 Å². The summed E-state index contributed by atoms with van der Waals surface area (Å²) in [6.45, 7) is 2.01. The molecule has 200 valence electrons. The number of nitrogens with two attached hydrogens (primary N) is 1. The monoisotopic (exact) mass is 519 g/mol. The number of hydrogen-bond acceptors (Lipinski definition) is 6. The molecule has 9 heteroatoms. The van der Waals surface area contributed by atoms with Crippen LogP contribution in [0.1, 0.15) is 23.6 Å². The van der Waals surface area contributed by atoms with Crippen molar-refractivity contribution in [2.75, 3.05) is 6.61 Å². The molecule has 0 radical (unpaired) electrons. The van der Waals surface area contributed by atoms with Gasteiger partial charge in [0, 0.05) is 6.42 Å². The fraction of sp³-hybridized carbons (Fsp3) is 0.276. The van der Waals surface area contributed by atoms with Crippen molar-refractivity contribution in [3.8, 4) is 5.75 Å². The SMILES string of the molecule is C[C@@H](NC(=O)[C@H](Cc1ccc(OCc2ccccc2)cc1)NC(=O)[C@@H](N)COCc1ccccc1)C(=O)O. The van der Waals surface area contributed by atoms with Crippen molar-refractivity contribution < 1.29 is 29.0 Å². The van der Waals surface area contributed by atoms with Crippen LogP contribution in [0.25, 0.3) is 0 Å². The highest BCUT2D eigenvalue weighted by atomic mass is 16.5. The van der Waals surface area contributed by atoms with Gasteiger partial charge in [-0.05, 0) is 35.7 Å². The summed E-state index contributed by atoms with van der Waals surface area (Å²) in [5, 5.41) is 14.2. The lowest BCUT2D eigenvalue weighted by molar-refractivity contribution is -0.141. The molecule has 0 spiro atoms. The van der Waals surface area contributed by atoms with Gasteiger partial charge in [0.05, 0.1) is 13.2 Å². The number of benzene rings is 3. The average molecular weight is 520 g/mol. The molecule has 0 aromatic heterocycles. The number of nitrogens with one attached hydrogen (secondary N) is 2. The maximum atomic E-state index is 12.9. The molecule has 0 unspecified atom stereocenters. The minimum Gasteiger partial charge on any atom is -0.489 e. The normalized spacial score (nSPS) is 13.1. The van der Waals surface area contributed by atoms with Gasteiger partial charge < -0.3 is 30.9 Å². The first-order valence-electron chi connectivity index (χ1n) is 12.3. The van der Waals surface area contributed by atoms with Gasteiger partial charge in [0.15, 0.2) is 0 Å². The van der Waals surface area contributed by atoms with Crippen LogP contribution in [0.2, 0.25) is 0 Å². The van der Waals surface area contributed by atoms with Crippen molar-refractivity contribution in [1.82, 2.24) is 10.6 Å². The molecule has 0 saturated heterocycles. The third kappa shape index (κ3) is 9.34. The van der Waals surface area contributed by atoms with Crippen LogP contribution < -0.4 is 21.1 Å². The van der Waals surface area contributed by atoms with Crippen molar-refractivity contribution in [3.05, 3.63) is 102 Å². The Bertz CT molecular complexity index is 1170. The molecule has 5 N–H and O–H groups in total. The predicted octanol–water partition coefficient (Wildman–Crippen LogP) is 2.43. The van der Waals surface area contributed by atoms with Gasteiger partial charge in [-0.25, -0.2) is 0 Å². The molecular formula is C29H33N3O6. The minimum atomic E-state index is -1.19. The van der Waals surface area contributed by atoms with Crippen LogP contribution in [0.3, 0.4) is 0 Å². The quantitative estimate of drug-likeness (QED) is 0.256. The molecule has 0 aliphatic rings. The van der Waals surface area contributed by atoms with E-state index in [9.17, 15) is 19.5 Å². The predicted molar refractivity (Wildman–Crippen MR) is 142 cm³/mol. The zero-order chi connectivity index (χ0) is 27.3. The Morgan fingerprint density at radius 3 is 1.95 bits per heavy atom. The van der Waals surface area contributed by atoms with Crippen molar-refractivity contribution in [2.45, 2.75) is 44.7 Å². The lowest BCUT2D eigenvalue weighted by atomic mass is 10.0. The highest BCUT2D eigenvalue weighted by Crippen LogP contribution is 2.16. The molecule has 0 heterocycles. The van der Waals surface area contributed by atoms with Gasteiger partial charge in [0.2, 0.25) is 11.8 Å². The second kappa shape index (κ2) is 14.5. The third-order valence-electron chi connectivity index (χ3n) is 5.72. The molecule has 2 amide bonds. The van der Waals surface area contributed by atoms with Gasteiger partial charge in [0.1, 0.15) is 30.5 Å². The van der Waals surface area contributed by atoms with E-state index in [0.717, 1.165) is 16.7 Å². The summed E-state index contributed by atoms with van der Waals surface area (Å²) >= 11 is 0. The number of carbonyl (C=O) groups is 3. The van der Waals surface area contributed by atoms with Gasteiger partial charge in [0.25, 0.3) is 0 Å². The van der Waals surface area contributed by atoms with E-state index in [2.05, 4.69) is 10.6 Å². The Morgan fingerprint density at radius 1 is 0.789 bits per heavy atom. The molecule has 0 fully saturated rings. The number of aliphatic carboxylic acids is 1. The van der Waals surface area contributed by atoms with Crippen LogP contribution in [0.4, 0.5) is 0 Å². The maximum Gasteiger partial charge on any atom is 0.325 e. The first-order valence-corrected chi connectivity index (χ1v) is 12.3. The summed E-state index contributed by atoms with van der Waals surface area (Å²) in [6, 6.07) is 23.1. The number of hydrogen-bond donors (Lipinski definition) is 4. The summed E-state index contributed by atoms with van der Waals surface area (Å²) in [5.74, 6) is -1.74. The van der Waals surface area contributed by atoms with Crippen LogP contribution in [-0.4, -0.2) is 47.6 Å². The van der Waals surface area contributed by atoms with Crippen LogP contribution in [0, 0.1) is 0 Å². The summed E-state index contributed by atoms with van der Waals surface area (Å²) in [6.07, 6.45) is 0.125. The van der Waals surface area contributed by atoms with Crippen LogP contribution in [0.5, 0.6) is 5.75 Å². The first-order chi connectivity index (χ1) is 18.3. The second-order valence-corrected chi connectivity index (χ2v) is 8.86. The third-order valence-corrected chi connectivity index (χ3v) is 5.72. The average Bonchev–Trinajstić information content (AvgIpc) is 2.93. The van der Waals surface area contributed by atoms with Crippen LogP contribution >= 0.6 is 0 Å². The standard InChI is InChI=1S/C29H33N3O6/c1-20(29(35)36)31-28(34)26(32-27(33)25(30)19-37-17-22-8-4-2-5-9-22)16-21-12-14-24(15-13-21)38-18-23-10-6-3-7-11-23/h2-15,20,25-26H,16-19,30H2,1H3,(H,31,34)(H,32,33)(H,35,36)/t20-,25+,26+/m1/s1. The van der Waals surface area contributed by atoms with E-state index < -0.39 is 35.9 Å². The Morgan fingerprint density at radius 2 is 1.37 bits per heavy atom. The summed E-state index contributed by atoms with van der Waals surface area (Å²) in [7, 11) is 0. The van der Waals surface area contributed by atoms with Crippen molar-refractivity contribution in [1.29, 1.82) is 0 Å². The molecule has 3 aromatic carbocycles. The zero-order valence-electron chi connectivity index (χ0n) is 21.2. The lowest BCUT2D eigenvalue weighted by Gasteiger charge is -2.22. The number of ether oxygens (including phenoxy) is 2. The number of carboxylic acid groups (broad SMARTS) is 1. The van der Waals surface area contributed by atoms with Gasteiger partial charge in [-0.3, -0.25) is 14.4 Å². The molecule has 3 aromatic rings. The van der Waals surface area contributed by atoms with Crippen LogP contribution in [0.15, 0.2) is 84.9 Å². The molecular weight excluding hydrogens is 486 g/mol. The largest absolute Gasteiger partial charge is 0.489 e. The van der Waals surface area contributed by atoms with E-state index in [1.807, 2.05) is 60.7 Å². The molecule has 0 bridgehead atoms. The number of carbonyl (C=O) groups excluding carboxylic acids is 2. The lowest BCUT2D eigenvalue weighted by Crippen LogP contribution is -2.55. The Kier molecular flexibility index (Phi) is 10.8. The summed E-state index contributed by atoms with van der Waals surface area (Å²) in [5.41, 5.74) is 8.72. The van der Waals surface area contributed by atoms with Crippen molar-refractivity contribution in [3.63, 3.8) is 0 Å². The summed E-state index contributed by atoms with van der Waals surface area (Å²) < 4.78 is 11.3. The molecule has 3 rings (SSSR count). The van der Waals surface area contributed by atoms with Gasteiger partial charge in [-0.15, -0.1) is 0 Å². The van der Waals surface area contributed by atoms with E-state index in [4.69, 9.17) is 15.2 Å². The fourth-order valence-electron chi connectivity index (χ4n) is 3.52. The van der Waals surface area contributed by atoms with E-state index in [0.29, 0.717) is 19.0 Å². The number of carboxylic acids is 1. The van der Waals surface area contributed by atoms with Gasteiger partial charge in [-0.1, -0.05) is 72.8 Å². The van der Waals surface area contributed by atoms with E-state index in [1.165, 1.54) is 6.92 Å². The second-order valence-electron chi connectivity index (χ2n) is 8.86. The maximum absolute atomic E-state index is 12.9. The Hall–Kier alpha value is -4.21. The van der Waals surface area contributed by atoms with Crippen LogP contribution in [-0.2, 0) is 38.8 Å². The Labute approximate surface area is 222 Å².